The summed E-state index contributed by atoms with van der Waals surface area (Å²) in [5, 5.41) is 2.63. The fourth-order valence-corrected chi connectivity index (χ4v) is 2.03. The number of alkyl halides is 4. The Morgan fingerprint density at radius 3 is 2.39 bits per heavy atom. The Hall–Kier alpha value is -2.21. The molecule has 2 aromatic rings. The van der Waals surface area contributed by atoms with E-state index >= 15 is 0 Å². The van der Waals surface area contributed by atoms with Crippen molar-refractivity contribution in [2.24, 2.45) is 0 Å². The van der Waals surface area contributed by atoms with E-state index in [1.54, 1.807) is 30.3 Å². The predicted octanol–water partition coefficient (Wildman–Crippen LogP) is 4.11. The molecule has 0 bridgehead atoms. The van der Waals surface area contributed by atoms with Crippen LogP contribution in [0.1, 0.15) is 5.56 Å². The van der Waals surface area contributed by atoms with Gasteiger partial charge in [0.05, 0.1) is 0 Å². The highest BCUT2D eigenvalue weighted by Gasteiger charge is 2.31. The number of carbonyl (C=O) groups excluding carboxylic acids is 1. The Morgan fingerprint density at radius 2 is 1.78 bits per heavy atom. The van der Waals surface area contributed by atoms with Crippen molar-refractivity contribution in [2.75, 3.05) is 5.88 Å². The predicted molar refractivity (Wildman–Crippen MR) is 81.1 cm³/mol. The van der Waals surface area contributed by atoms with E-state index in [0.29, 0.717) is 12.1 Å². The molecule has 0 saturated carbocycles. The third-order valence-corrected chi connectivity index (χ3v) is 3.21. The van der Waals surface area contributed by atoms with Gasteiger partial charge >= 0.3 is 6.36 Å². The minimum atomic E-state index is -4.72. The number of hydrogen-bond donors (Lipinski definition) is 1. The first-order chi connectivity index (χ1) is 10.9. The Balaban J connectivity index is 2.10. The summed E-state index contributed by atoms with van der Waals surface area (Å²) in [4.78, 5) is 11.1. The molecule has 7 heteroatoms. The van der Waals surface area contributed by atoms with E-state index in [1.165, 1.54) is 18.2 Å². The minimum Gasteiger partial charge on any atom is -0.406 e. The quantitative estimate of drug-likeness (QED) is 0.830. The van der Waals surface area contributed by atoms with Crippen LogP contribution >= 0.6 is 11.6 Å². The van der Waals surface area contributed by atoms with Gasteiger partial charge in [0.15, 0.2) is 0 Å². The molecule has 0 aliphatic rings. The average molecular weight is 344 g/mol. The van der Waals surface area contributed by atoms with Crippen molar-refractivity contribution in [1.82, 2.24) is 5.32 Å². The summed E-state index contributed by atoms with van der Waals surface area (Å²) < 4.78 is 40.6. The van der Waals surface area contributed by atoms with Gasteiger partial charge in [-0.1, -0.05) is 36.4 Å². The van der Waals surface area contributed by atoms with E-state index < -0.39 is 6.36 Å². The molecular formula is C16H13ClF3NO2. The Morgan fingerprint density at radius 1 is 1.09 bits per heavy atom. The average Bonchev–Trinajstić information content (AvgIpc) is 2.51. The van der Waals surface area contributed by atoms with Crippen LogP contribution in [0.15, 0.2) is 48.5 Å². The van der Waals surface area contributed by atoms with Gasteiger partial charge in [-0.05, 0) is 28.8 Å². The first kappa shape index (κ1) is 17.1. The van der Waals surface area contributed by atoms with Gasteiger partial charge in [-0.15, -0.1) is 24.8 Å². The SMILES string of the molecule is O=C(CCl)NCc1ccc(-c2cccc(OC(F)(F)F)c2)cc1. The zero-order chi connectivity index (χ0) is 16.9. The standard InChI is InChI=1S/C16H13ClF3NO2/c17-9-15(22)21-10-11-4-6-12(7-5-11)13-2-1-3-14(8-13)23-16(18,19)20/h1-8H,9-10H2,(H,21,22). The van der Waals surface area contributed by atoms with Crippen LogP contribution in [0, 0.1) is 0 Å². The highest BCUT2D eigenvalue weighted by atomic mass is 35.5. The number of rotatable bonds is 5. The molecule has 0 unspecified atom stereocenters. The van der Waals surface area contributed by atoms with E-state index in [1.807, 2.05) is 0 Å². The van der Waals surface area contributed by atoms with Crippen LogP contribution in [0.5, 0.6) is 5.75 Å². The molecule has 0 atom stereocenters. The second kappa shape index (κ2) is 7.37. The molecule has 0 radical (unpaired) electrons. The number of carbonyl (C=O) groups is 1. The zero-order valence-corrected chi connectivity index (χ0v) is 12.6. The van der Waals surface area contributed by atoms with Crippen molar-refractivity contribution in [3.05, 3.63) is 54.1 Å². The molecule has 122 valence electrons. The van der Waals surface area contributed by atoms with Crippen molar-refractivity contribution in [3.63, 3.8) is 0 Å². The lowest BCUT2D eigenvalue weighted by molar-refractivity contribution is -0.274. The highest BCUT2D eigenvalue weighted by molar-refractivity contribution is 6.27. The lowest BCUT2D eigenvalue weighted by Gasteiger charge is -2.10. The normalized spacial score (nSPS) is 11.1. The van der Waals surface area contributed by atoms with Gasteiger partial charge in [0.2, 0.25) is 5.91 Å². The molecule has 1 amide bonds. The molecule has 0 aromatic heterocycles. The molecule has 2 aromatic carbocycles. The zero-order valence-electron chi connectivity index (χ0n) is 11.9. The van der Waals surface area contributed by atoms with Crippen LogP contribution in [0.2, 0.25) is 0 Å². The smallest absolute Gasteiger partial charge is 0.406 e. The van der Waals surface area contributed by atoms with Crippen LogP contribution in [-0.2, 0) is 11.3 Å². The van der Waals surface area contributed by atoms with Gasteiger partial charge in [-0.25, -0.2) is 0 Å². The van der Waals surface area contributed by atoms with Crippen molar-refractivity contribution >= 4 is 17.5 Å². The molecule has 0 heterocycles. The molecule has 0 aliphatic heterocycles. The largest absolute Gasteiger partial charge is 0.573 e. The van der Waals surface area contributed by atoms with Gasteiger partial charge in [0, 0.05) is 6.54 Å². The van der Waals surface area contributed by atoms with Crippen molar-refractivity contribution in [2.45, 2.75) is 12.9 Å². The van der Waals surface area contributed by atoms with Gasteiger partial charge in [0.25, 0.3) is 0 Å². The fraction of sp³-hybridized carbons (Fsp3) is 0.188. The minimum absolute atomic E-state index is 0.107. The summed E-state index contributed by atoms with van der Waals surface area (Å²) in [5.41, 5.74) is 2.20. The topological polar surface area (TPSA) is 38.3 Å². The maximum atomic E-state index is 12.2. The van der Waals surface area contributed by atoms with Crippen molar-refractivity contribution in [3.8, 4) is 16.9 Å². The summed E-state index contributed by atoms with van der Waals surface area (Å²) in [5.74, 6) is -0.648. The molecule has 23 heavy (non-hydrogen) atoms. The first-order valence-electron chi connectivity index (χ1n) is 6.65. The fourth-order valence-electron chi connectivity index (χ4n) is 1.94. The maximum absolute atomic E-state index is 12.2. The molecule has 0 fully saturated rings. The van der Waals surface area contributed by atoms with Crippen molar-refractivity contribution in [1.29, 1.82) is 0 Å². The number of hydrogen-bond acceptors (Lipinski definition) is 2. The number of amides is 1. The lowest BCUT2D eigenvalue weighted by Crippen LogP contribution is -2.23. The van der Waals surface area contributed by atoms with E-state index in [4.69, 9.17) is 11.6 Å². The molecular weight excluding hydrogens is 331 g/mol. The second-order valence-electron chi connectivity index (χ2n) is 4.68. The van der Waals surface area contributed by atoms with Crippen LogP contribution < -0.4 is 10.1 Å². The van der Waals surface area contributed by atoms with Gasteiger partial charge in [0.1, 0.15) is 11.6 Å². The molecule has 2 rings (SSSR count). The van der Waals surface area contributed by atoms with Crippen LogP contribution in [0.4, 0.5) is 13.2 Å². The summed E-state index contributed by atoms with van der Waals surface area (Å²) >= 11 is 5.38. The van der Waals surface area contributed by atoms with Crippen LogP contribution in [0.25, 0.3) is 11.1 Å². The van der Waals surface area contributed by atoms with Crippen LogP contribution in [0.3, 0.4) is 0 Å². The summed E-state index contributed by atoms with van der Waals surface area (Å²) in [6.07, 6.45) is -4.72. The third kappa shape index (κ3) is 5.49. The third-order valence-electron chi connectivity index (χ3n) is 2.97. The monoisotopic (exact) mass is 343 g/mol. The molecule has 0 saturated heterocycles. The highest BCUT2D eigenvalue weighted by Crippen LogP contribution is 2.28. The maximum Gasteiger partial charge on any atom is 0.573 e. The number of ether oxygens (including phenoxy) is 1. The molecule has 3 nitrogen and oxygen atoms in total. The number of halogens is 4. The van der Waals surface area contributed by atoms with E-state index in [-0.39, 0.29) is 17.5 Å². The lowest BCUT2D eigenvalue weighted by atomic mass is 10.0. The molecule has 1 N–H and O–H groups in total. The van der Waals surface area contributed by atoms with E-state index in [2.05, 4.69) is 10.1 Å². The van der Waals surface area contributed by atoms with E-state index in [9.17, 15) is 18.0 Å². The van der Waals surface area contributed by atoms with Gasteiger partial charge in [-0.2, -0.15) is 0 Å². The van der Waals surface area contributed by atoms with Crippen molar-refractivity contribution < 1.29 is 22.7 Å². The number of nitrogens with one attached hydrogen (secondary N) is 1. The van der Waals surface area contributed by atoms with E-state index in [0.717, 1.165) is 11.1 Å². The number of benzene rings is 2. The molecule has 0 spiro atoms. The first-order valence-corrected chi connectivity index (χ1v) is 7.18. The Labute approximate surface area is 136 Å². The molecule has 0 aliphatic carbocycles. The Kier molecular flexibility index (Phi) is 5.50. The second-order valence-corrected chi connectivity index (χ2v) is 4.95. The Bertz CT molecular complexity index is 672. The van der Waals surface area contributed by atoms with Gasteiger partial charge in [-0.3, -0.25) is 4.79 Å². The summed E-state index contributed by atoms with van der Waals surface area (Å²) in [6.45, 7) is 0.336. The van der Waals surface area contributed by atoms with Gasteiger partial charge < -0.3 is 10.1 Å². The van der Waals surface area contributed by atoms with Crippen LogP contribution in [-0.4, -0.2) is 18.1 Å². The summed E-state index contributed by atoms with van der Waals surface area (Å²) in [7, 11) is 0. The summed E-state index contributed by atoms with van der Waals surface area (Å²) in [6, 6.07) is 12.8.